The van der Waals surface area contributed by atoms with Crippen LogP contribution in [0.5, 0.6) is 0 Å². The molecule has 82 valence electrons. The van der Waals surface area contributed by atoms with E-state index >= 15 is 0 Å². The molecule has 1 aromatic rings. The normalized spacial score (nSPS) is 16.7. The van der Waals surface area contributed by atoms with E-state index in [0.717, 1.165) is 6.66 Å². The minimum atomic E-state index is -3.82. The van der Waals surface area contributed by atoms with Crippen LogP contribution >= 0.6 is 7.60 Å². The van der Waals surface area contributed by atoms with E-state index in [1.165, 1.54) is 12.1 Å². The van der Waals surface area contributed by atoms with Crippen LogP contribution in [0.15, 0.2) is 30.3 Å². The maximum atomic E-state index is 11.0. The van der Waals surface area contributed by atoms with Crippen LogP contribution in [0, 0.1) is 0 Å². The Hall–Kier alpha value is -1.16. The Morgan fingerprint density at radius 3 is 2.33 bits per heavy atom. The molecule has 0 spiro atoms. The highest BCUT2D eigenvalue weighted by Crippen LogP contribution is 2.42. The first-order valence-corrected chi connectivity index (χ1v) is 6.19. The Morgan fingerprint density at radius 1 is 1.40 bits per heavy atom. The Morgan fingerprint density at radius 2 is 1.93 bits per heavy atom. The van der Waals surface area contributed by atoms with Crippen molar-refractivity contribution in [3.63, 3.8) is 0 Å². The molecule has 2 N–H and O–H groups in total. The first-order valence-electron chi connectivity index (χ1n) is 4.16. The number of carboxylic acid groups (broad SMARTS) is 1. The predicted octanol–water partition coefficient (Wildman–Crippen LogP) is 1.64. The number of carbonyl (C=O) groups is 1. The molecule has 0 saturated carbocycles. The summed E-state index contributed by atoms with van der Waals surface area (Å²) in [7, 11) is -3.82. The molecule has 0 radical (unpaired) electrons. The van der Waals surface area contributed by atoms with Crippen LogP contribution in [-0.4, -0.2) is 22.6 Å². The third kappa shape index (κ3) is 3.83. The Labute approximate surface area is 86.9 Å². The number of benzene rings is 1. The zero-order chi connectivity index (χ0) is 11.5. The fourth-order valence-corrected chi connectivity index (χ4v) is 1.67. The van der Waals surface area contributed by atoms with Crippen LogP contribution in [0.2, 0.25) is 0 Å². The van der Waals surface area contributed by atoms with E-state index < -0.39 is 19.7 Å². The zero-order valence-corrected chi connectivity index (χ0v) is 8.92. The third-order valence-corrected chi connectivity index (χ3v) is 2.23. The van der Waals surface area contributed by atoms with Gasteiger partial charge in [0.2, 0.25) is 0 Å². The standard InChI is InChI=1S/C9H11O5P/c1-15(12,13)14-8(9(10)11)7-5-3-2-4-6-7/h2-6,8H,1H3,(H,10,11)(H,12,13). The van der Waals surface area contributed by atoms with Crippen LogP contribution in [0.25, 0.3) is 0 Å². The topological polar surface area (TPSA) is 83.8 Å². The van der Waals surface area contributed by atoms with Crippen LogP contribution in [0.1, 0.15) is 11.7 Å². The number of hydrogen-bond donors (Lipinski definition) is 2. The highest BCUT2D eigenvalue weighted by atomic mass is 31.2. The van der Waals surface area contributed by atoms with Gasteiger partial charge in [0.05, 0.1) is 0 Å². The predicted molar refractivity (Wildman–Crippen MR) is 53.7 cm³/mol. The number of rotatable bonds is 4. The van der Waals surface area contributed by atoms with Gasteiger partial charge < -0.3 is 10.00 Å². The first kappa shape index (κ1) is 11.9. The molecule has 0 heterocycles. The first-order chi connectivity index (χ1) is 6.90. The lowest BCUT2D eigenvalue weighted by atomic mass is 10.1. The van der Waals surface area contributed by atoms with E-state index in [1.54, 1.807) is 18.2 Å². The summed E-state index contributed by atoms with van der Waals surface area (Å²) in [6.07, 6.45) is -1.41. The van der Waals surface area contributed by atoms with Crippen molar-refractivity contribution in [3.05, 3.63) is 35.9 Å². The van der Waals surface area contributed by atoms with Gasteiger partial charge in [-0.3, -0.25) is 9.09 Å². The van der Waals surface area contributed by atoms with E-state index in [-0.39, 0.29) is 0 Å². The third-order valence-electron chi connectivity index (χ3n) is 1.63. The van der Waals surface area contributed by atoms with Crippen molar-refractivity contribution in [2.45, 2.75) is 6.10 Å². The summed E-state index contributed by atoms with van der Waals surface area (Å²) in [5.41, 5.74) is 0.334. The minimum Gasteiger partial charge on any atom is -0.479 e. The Balaban J connectivity index is 2.95. The molecule has 0 bridgehead atoms. The number of carboxylic acids is 1. The van der Waals surface area contributed by atoms with Crippen molar-refractivity contribution in [1.82, 2.24) is 0 Å². The van der Waals surface area contributed by atoms with Gasteiger partial charge >= 0.3 is 13.6 Å². The molecule has 15 heavy (non-hydrogen) atoms. The van der Waals surface area contributed by atoms with Crippen molar-refractivity contribution in [2.75, 3.05) is 6.66 Å². The molecule has 1 aromatic carbocycles. The minimum absolute atomic E-state index is 0.334. The molecule has 2 atom stereocenters. The second-order valence-electron chi connectivity index (χ2n) is 3.04. The fourth-order valence-electron chi connectivity index (χ4n) is 1.07. The average Bonchev–Trinajstić information content (AvgIpc) is 2.14. The van der Waals surface area contributed by atoms with Crippen LogP contribution in [0.4, 0.5) is 0 Å². The fraction of sp³-hybridized carbons (Fsp3) is 0.222. The second-order valence-corrected chi connectivity index (χ2v) is 4.85. The lowest BCUT2D eigenvalue weighted by molar-refractivity contribution is -0.145. The van der Waals surface area contributed by atoms with E-state index in [9.17, 15) is 9.36 Å². The molecule has 0 aliphatic carbocycles. The lowest BCUT2D eigenvalue weighted by Gasteiger charge is -2.15. The molecule has 0 aliphatic heterocycles. The van der Waals surface area contributed by atoms with Gasteiger partial charge in [0.1, 0.15) is 0 Å². The number of hydrogen-bond acceptors (Lipinski definition) is 3. The van der Waals surface area contributed by atoms with E-state index in [1.807, 2.05) is 0 Å². The van der Waals surface area contributed by atoms with Crippen molar-refractivity contribution >= 4 is 13.6 Å². The van der Waals surface area contributed by atoms with Gasteiger partial charge in [-0.25, -0.2) is 4.79 Å². The highest BCUT2D eigenvalue weighted by molar-refractivity contribution is 7.51. The van der Waals surface area contributed by atoms with Gasteiger partial charge in [0.25, 0.3) is 0 Å². The van der Waals surface area contributed by atoms with Crippen LogP contribution in [0.3, 0.4) is 0 Å². The zero-order valence-electron chi connectivity index (χ0n) is 8.03. The Kier molecular flexibility index (Phi) is 3.63. The van der Waals surface area contributed by atoms with Gasteiger partial charge in [-0.15, -0.1) is 0 Å². The van der Waals surface area contributed by atoms with Crippen molar-refractivity contribution in [3.8, 4) is 0 Å². The van der Waals surface area contributed by atoms with Gasteiger partial charge in [-0.1, -0.05) is 30.3 Å². The monoisotopic (exact) mass is 230 g/mol. The maximum absolute atomic E-state index is 11.0. The molecule has 5 nitrogen and oxygen atoms in total. The van der Waals surface area contributed by atoms with E-state index in [2.05, 4.69) is 4.52 Å². The van der Waals surface area contributed by atoms with E-state index in [4.69, 9.17) is 10.00 Å². The van der Waals surface area contributed by atoms with Crippen molar-refractivity contribution in [1.29, 1.82) is 0 Å². The van der Waals surface area contributed by atoms with Crippen LogP contribution in [-0.2, 0) is 13.9 Å². The van der Waals surface area contributed by atoms with Gasteiger partial charge in [-0.05, 0) is 5.56 Å². The summed E-state index contributed by atoms with van der Waals surface area (Å²) >= 11 is 0. The smallest absolute Gasteiger partial charge is 0.338 e. The lowest BCUT2D eigenvalue weighted by Crippen LogP contribution is -2.13. The molecular formula is C9H11O5P. The highest BCUT2D eigenvalue weighted by Gasteiger charge is 2.27. The summed E-state index contributed by atoms with van der Waals surface area (Å²) in [6.45, 7) is 0.950. The van der Waals surface area contributed by atoms with Gasteiger partial charge in [-0.2, -0.15) is 0 Å². The molecular weight excluding hydrogens is 219 g/mol. The van der Waals surface area contributed by atoms with Crippen molar-refractivity contribution < 1.29 is 23.9 Å². The second kappa shape index (κ2) is 4.57. The largest absolute Gasteiger partial charge is 0.479 e. The molecule has 0 amide bonds. The molecule has 0 fully saturated rings. The summed E-state index contributed by atoms with van der Waals surface area (Å²) in [5.74, 6) is -1.29. The maximum Gasteiger partial charge on any atom is 0.338 e. The van der Waals surface area contributed by atoms with Gasteiger partial charge in [0, 0.05) is 6.66 Å². The summed E-state index contributed by atoms with van der Waals surface area (Å²) < 4.78 is 15.6. The molecule has 1 rings (SSSR count). The molecule has 0 aromatic heterocycles. The molecule has 6 heteroatoms. The molecule has 0 saturated heterocycles. The Bertz CT molecular complexity index is 383. The summed E-state index contributed by atoms with van der Waals surface area (Å²) in [6, 6.07) is 8.02. The molecule has 0 aliphatic rings. The summed E-state index contributed by atoms with van der Waals surface area (Å²) in [5, 5.41) is 8.83. The average molecular weight is 230 g/mol. The summed E-state index contributed by atoms with van der Waals surface area (Å²) in [4.78, 5) is 19.8. The van der Waals surface area contributed by atoms with Gasteiger partial charge in [0.15, 0.2) is 6.10 Å². The van der Waals surface area contributed by atoms with Crippen molar-refractivity contribution in [2.24, 2.45) is 0 Å². The van der Waals surface area contributed by atoms with E-state index in [0.29, 0.717) is 5.56 Å². The number of aliphatic carboxylic acids is 1. The quantitative estimate of drug-likeness (QED) is 0.768. The van der Waals surface area contributed by atoms with Crippen LogP contribution < -0.4 is 0 Å². The molecule has 2 unspecified atom stereocenters. The SMILES string of the molecule is CP(=O)(O)OC(C(=O)O)c1ccccc1.